The van der Waals surface area contributed by atoms with Gasteiger partial charge in [-0.25, -0.2) is 4.79 Å². The normalized spacial score (nSPS) is 44.3. The van der Waals surface area contributed by atoms with Crippen molar-refractivity contribution in [3.05, 3.63) is 11.6 Å². The van der Waals surface area contributed by atoms with Gasteiger partial charge in [0.1, 0.15) is 23.7 Å². The van der Waals surface area contributed by atoms with Crippen LogP contribution in [0, 0.1) is 17.8 Å². The molecule has 1 saturated carbocycles. The lowest BCUT2D eigenvalue weighted by Gasteiger charge is -2.54. The topological polar surface area (TPSA) is 145 Å². The van der Waals surface area contributed by atoms with E-state index >= 15 is 0 Å². The Labute approximate surface area is 207 Å². The smallest absolute Gasteiger partial charge is 0.333 e. The van der Waals surface area contributed by atoms with Crippen molar-refractivity contribution in [3.63, 3.8) is 0 Å². The summed E-state index contributed by atoms with van der Waals surface area (Å²) in [6.45, 7) is 6.29. The van der Waals surface area contributed by atoms with E-state index in [1.165, 1.54) is 0 Å². The number of esters is 1. The Kier molecular flexibility index (Phi) is 8.35. The number of ether oxygens (including phenoxy) is 3. The third-order valence-corrected chi connectivity index (χ3v) is 8.84. The van der Waals surface area contributed by atoms with Crippen molar-refractivity contribution in [1.29, 1.82) is 0 Å². The zero-order chi connectivity index (χ0) is 25.3. The number of nitrogens with two attached hydrogens (primary N) is 2. The minimum Gasteiger partial charge on any atom is -0.456 e. The first-order chi connectivity index (χ1) is 16.6. The van der Waals surface area contributed by atoms with Crippen LogP contribution in [0.2, 0.25) is 0 Å². The molecule has 0 aromatic carbocycles. The summed E-state index contributed by atoms with van der Waals surface area (Å²) in [5.41, 5.74) is 5.84. The van der Waals surface area contributed by atoms with E-state index in [-0.39, 0.29) is 43.0 Å². The van der Waals surface area contributed by atoms with Gasteiger partial charge in [0.05, 0.1) is 43.5 Å². The van der Waals surface area contributed by atoms with Gasteiger partial charge >= 0.3 is 5.97 Å². The van der Waals surface area contributed by atoms with Gasteiger partial charge < -0.3 is 29.7 Å². The molecule has 6 N–H and O–H groups in total. The lowest BCUT2D eigenvalue weighted by atomic mass is 9.66. The number of fused-ring (bicyclic) bond motifs is 2. The number of allylic oxidation sites excluding steroid dienone is 1. The van der Waals surface area contributed by atoms with Crippen molar-refractivity contribution in [2.75, 3.05) is 13.2 Å². The summed E-state index contributed by atoms with van der Waals surface area (Å²) in [5, 5.41) is 23.0. The van der Waals surface area contributed by atoms with Gasteiger partial charge in [-0.05, 0) is 46.5 Å². The summed E-state index contributed by atoms with van der Waals surface area (Å²) in [7, 11) is 0. The summed E-state index contributed by atoms with van der Waals surface area (Å²) in [4.78, 5) is 25.5. The van der Waals surface area contributed by atoms with Crippen molar-refractivity contribution in [1.82, 2.24) is 0 Å². The second kappa shape index (κ2) is 10.9. The predicted molar refractivity (Wildman–Crippen MR) is 127 cm³/mol. The molecule has 1 aliphatic carbocycles. The molecule has 0 amide bonds. The number of aliphatic hydroxyl groups is 2. The number of aliphatic hydroxyl groups excluding tert-OH is 2. The number of Topliss-reactive ketones (excluding diaryl/α,β-unsaturated/α-hetero) is 1. The highest BCUT2D eigenvalue weighted by Crippen LogP contribution is 2.48. The van der Waals surface area contributed by atoms with E-state index in [1.54, 1.807) is 19.9 Å². The van der Waals surface area contributed by atoms with Crippen LogP contribution < -0.4 is 11.1 Å². The van der Waals surface area contributed by atoms with Crippen LogP contribution in [0.5, 0.6) is 0 Å². The molecule has 0 spiro atoms. The second-order valence-electron chi connectivity index (χ2n) is 11.3. The van der Waals surface area contributed by atoms with Crippen LogP contribution in [0.4, 0.5) is 0 Å². The molecule has 198 valence electrons. The zero-order valence-corrected chi connectivity index (χ0v) is 21.2. The van der Waals surface area contributed by atoms with Crippen molar-refractivity contribution in [2.45, 2.75) is 108 Å². The first-order valence-electron chi connectivity index (χ1n) is 13.2. The third-order valence-electron chi connectivity index (χ3n) is 8.84. The fourth-order valence-electron chi connectivity index (χ4n) is 6.42. The number of rotatable bonds is 6. The van der Waals surface area contributed by atoms with Gasteiger partial charge in [-0.1, -0.05) is 6.08 Å². The standard InChI is InChI=1S/C26H42N2O7/c1-4-14(2)25(32)34-21-10-17-19(11-20-23(24(17)31)18(30)9-16(13-29)33-20)35-26(21,3)8-7-15-5-6-22(27)28-12-15/h4,15-17,19-24,28-29,31H,5-13,27H2,1-3H3/p+1/t15?,16?,17?,19?,20?,21-,22?,23?,24?,26-/m0/s1. The number of piperidine rings is 1. The number of quaternary nitrogens is 1. The molecule has 3 aliphatic heterocycles. The minimum absolute atomic E-state index is 0.0790. The van der Waals surface area contributed by atoms with Crippen molar-refractivity contribution >= 4 is 11.8 Å². The fourth-order valence-corrected chi connectivity index (χ4v) is 6.42. The van der Waals surface area contributed by atoms with E-state index < -0.39 is 35.9 Å². The van der Waals surface area contributed by atoms with Gasteiger partial charge in [0.25, 0.3) is 0 Å². The maximum atomic E-state index is 12.8. The van der Waals surface area contributed by atoms with E-state index in [4.69, 9.17) is 19.9 Å². The summed E-state index contributed by atoms with van der Waals surface area (Å²) < 4.78 is 18.7. The molecule has 3 heterocycles. The summed E-state index contributed by atoms with van der Waals surface area (Å²) in [6, 6.07) is 0. The first-order valence-corrected chi connectivity index (χ1v) is 13.2. The Morgan fingerprint density at radius 3 is 2.74 bits per heavy atom. The molecule has 10 atom stereocenters. The van der Waals surface area contributed by atoms with Gasteiger partial charge in [0, 0.05) is 36.7 Å². The van der Waals surface area contributed by atoms with Gasteiger partial charge in [0.2, 0.25) is 0 Å². The predicted octanol–water partition coefficient (Wildman–Crippen LogP) is 0.166. The van der Waals surface area contributed by atoms with Gasteiger partial charge in [0.15, 0.2) is 0 Å². The molecule has 4 rings (SSSR count). The minimum atomic E-state index is -0.936. The van der Waals surface area contributed by atoms with Gasteiger partial charge in [-0.3, -0.25) is 10.5 Å². The summed E-state index contributed by atoms with van der Waals surface area (Å²) in [6.07, 6.45) is 3.83. The maximum absolute atomic E-state index is 12.8. The van der Waals surface area contributed by atoms with Crippen LogP contribution in [0.15, 0.2) is 11.6 Å². The van der Waals surface area contributed by atoms with E-state index in [0.29, 0.717) is 24.3 Å². The van der Waals surface area contributed by atoms with Crippen LogP contribution in [0.25, 0.3) is 0 Å². The molecule has 4 aliphatic rings. The Balaban J connectivity index is 1.52. The lowest BCUT2D eigenvalue weighted by molar-refractivity contribution is -0.703. The molecule has 9 nitrogen and oxygen atoms in total. The summed E-state index contributed by atoms with van der Waals surface area (Å²) >= 11 is 0. The SMILES string of the molecule is CC=C(C)C(=O)O[C@H]1CC2C(CC3OC(CO)CC(=O)C3C2O)O[C@@]1(C)CCC1CCC(N)[NH2+]C1. The van der Waals surface area contributed by atoms with Crippen molar-refractivity contribution < 1.29 is 39.3 Å². The highest BCUT2D eigenvalue weighted by molar-refractivity contribution is 5.87. The van der Waals surface area contributed by atoms with E-state index in [0.717, 1.165) is 32.2 Å². The number of carbonyl (C=O) groups excluding carboxylic acids is 2. The van der Waals surface area contributed by atoms with Gasteiger partial charge in [-0.2, -0.15) is 0 Å². The quantitative estimate of drug-likeness (QED) is 0.301. The van der Waals surface area contributed by atoms with Crippen LogP contribution in [0.3, 0.4) is 0 Å². The van der Waals surface area contributed by atoms with Crippen molar-refractivity contribution in [3.8, 4) is 0 Å². The zero-order valence-electron chi connectivity index (χ0n) is 21.2. The third kappa shape index (κ3) is 5.65. The molecule has 35 heavy (non-hydrogen) atoms. The number of ketones is 1. The largest absolute Gasteiger partial charge is 0.456 e. The highest BCUT2D eigenvalue weighted by Gasteiger charge is 2.57. The second-order valence-corrected chi connectivity index (χ2v) is 11.3. The maximum Gasteiger partial charge on any atom is 0.333 e. The monoisotopic (exact) mass is 495 g/mol. The molecule has 0 aromatic heterocycles. The fraction of sp³-hybridized carbons (Fsp3) is 0.846. The highest BCUT2D eigenvalue weighted by atomic mass is 16.6. The average Bonchev–Trinajstić information content (AvgIpc) is 2.83. The molecule has 3 saturated heterocycles. The Morgan fingerprint density at radius 1 is 1.31 bits per heavy atom. The summed E-state index contributed by atoms with van der Waals surface area (Å²) in [5.74, 6) is -0.902. The van der Waals surface area contributed by atoms with Crippen LogP contribution in [-0.4, -0.2) is 77.4 Å². The molecule has 8 unspecified atom stereocenters. The molecular formula is C26H43N2O7+. The lowest BCUT2D eigenvalue weighted by Crippen LogP contribution is -2.95. The average molecular weight is 496 g/mol. The van der Waals surface area contributed by atoms with E-state index in [2.05, 4.69) is 5.32 Å². The van der Waals surface area contributed by atoms with Crippen LogP contribution >= 0.6 is 0 Å². The molecule has 0 radical (unpaired) electrons. The number of carbonyl (C=O) groups is 2. The van der Waals surface area contributed by atoms with Crippen molar-refractivity contribution in [2.24, 2.45) is 23.5 Å². The Morgan fingerprint density at radius 2 is 2.09 bits per heavy atom. The number of hydrogen-bond acceptors (Lipinski definition) is 8. The molecule has 9 heteroatoms. The molecule has 4 fully saturated rings. The van der Waals surface area contributed by atoms with E-state index in [9.17, 15) is 19.8 Å². The number of hydrogen-bond donors (Lipinski definition) is 4. The van der Waals surface area contributed by atoms with Crippen LogP contribution in [0.1, 0.15) is 65.7 Å². The Hall–Kier alpha value is -1.36. The molecule has 0 aromatic rings. The van der Waals surface area contributed by atoms with Gasteiger partial charge in [-0.15, -0.1) is 0 Å². The molecular weight excluding hydrogens is 452 g/mol. The Bertz CT molecular complexity index is 812. The van der Waals surface area contributed by atoms with Crippen LogP contribution in [-0.2, 0) is 23.8 Å². The molecule has 0 bridgehead atoms. The van der Waals surface area contributed by atoms with E-state index in [1.807, 2.05) is 6.92 Å². The first kappa shape index (κ1) is 26.7.